The summed E-state index contributed by atoms with van der Waals surface area (Å²) in [7, 11) is -3.80. The number of ether oxygens (including phenoxy) is 1. The minimum atomic E-state index is -3.80. The van der Waals surface area contributed by atoms with Crippen LogP contribution in [-0.2, 0) is 45.2 Å². The maximum absolute atomic E-state index is 13.8. The molecule has 0 unspecified atom stereocenters. The lowest BCUT2D eigenvalue weighted by Gasteiger charge is -2.26. The van der Waals surface area contributed by atoms with E-state index in [9.17, 15) is 13.2 Å². The number of halogens is 1. The Morgan fingerprint density at radius 1 is 1.00 bits per heavy atom. The Bertz CT molecular complexity index is 1690. The molecule has 4 aliphatic rings. The number of anilines is 2. The monoisotopic (exact) mass is 650 g/mol. The summed E-state index contributed by atoms with van der Waals surface area (Å²) < 4.78 is 35.6. The van der Waals surface area contributed by atoms with Crippen molar-refractivity contribution in [2.75, 3.05) is 49.0 Å². The van der Waals surface area contributed by atoms with Crippen LogP contribution in [-0.4, -0.2) is 63.6 Å². The number of carbonyl (C=O) groups is 1. The van der Waals surface area contributed by atoms with Crippen molar-refractivity contribution in [2.45, 2.75) is 49.8 Å². The molecule has 10 heteroatoms. The summed E-state index contributed by atoms with van der Waals surface area (Å²) in [5, 5.41) is 2.95. The molecule has 7 rings (SSSR count). The third kappa shape index (κ3) is 5.12. The molecule has 8 nitrogen and oxygen atoms in total. The van der Waals surface area contributed by atoms with Gasteiger partial charge in [-0.05, 0) is 111 Å². The molecule has 4 heterocycles. The maximum atomic E-state index is 13.8. The Morgan fingerprint density at radius 3 is 2.69 bits per heavy atom. The fourth-order valence-electron chi connectivity index (χ4n) is 6.82. The number of aromatic amines is 1. The van der Waals surface area contributed by atoms with Crippen LogP contribution in [0.25, 0.3) is 11.6 Å². The molecule has 0 radical (unpaired) electrons. The summed E-state index contributed by atoms with van der Waals surface area (Å²) in [6.07, 6.45) is 9.01. The number of morpholine rings is 1. The first kappa shape index (κ1) is 27.9. The molecule has 3 aliphatic heterocycles. The molecule has 2 N–H and O–H groups in total. The van der Waals surface area contributed by atoms with E-state index in [0.29, 0.717) is 35.5 Å². The van der Waals surface area contributed by atoms with Crippen molar-refractivity contribution in [3.8, 4) is 0 Å². The second kappa shape index (κ2) is 11.3. The van der Waals surface area contributed by atoms with E-state index in [1.807, 2.05) is 24.3 Å². The summed E-state index contributed by atoms with van der Waals surface area (Å²) in [6, 6.07) is 10.7. The predicted molar refractivity (Wildman–Crippen MR) is 168 cm³/mol. The van der Waals surface area contributed by atoms with Crippen LogP contribution in [0.2, 0.25) is 0 Å². The number of hydrogen-bond acceptors (Lipinski definition) is 5. The Labute approximate surface area is 255 Å². The van der Waals surface area contributed by atoms with Crippen LogP contribution >= 0.6 is 15.9 Å². The van der Waals surface area contributed by atoms with Crippen molar-refractivity contribution in [1.82, 2.24) is 9.88 Å². The summed E-state index contributed by atoms with van der Waals surface area (Å²) in [5.74, 6) is -0.206. The first-order valence-electron chi connectivity index (χ1n) is 14.9. The smallest absolute Gasteiger partial charge is 0.264 e. The molecular formula is C32H35BrN4O4S. The van der Waals surface area contributed by atoms with Crippen molar-refractivity contribution < 1.29 is 17.9 Å². The highest BCUT2D eigenvalue weighted by Gasteiger charge is 2.33. The van der Waals surface area contributed by atoms with Gasteiger partial charge in [-0.25, -0.2) is 8.42 Å². The normalized spacial score (nSPS) is 19.6. The number of fused-ring (bicyclic) bond motifs is 3. The number of carbonyl (C=O) groups excluding carboxylic acids is 1. The van der Waals surface area contributed by atoms with E-state index in [2.05, 4.69) is 31.1 Å². The standard InChI is InChI=1S/C32H35BrN4O4S/c33-22-7-10-31-21(18-22)11-13-37(31)42(39,40)23-8-9-29-26(19-23)27(32(38)35-29)20-30-25(24-4-1-2-6-28(24)34-30)5-3-12-36-14-16-41-17-15-36/h7-10,18-20,34H,1-6,11-17H2,(H,35,38). The highest BCUT2D eigenvalue weighted by Crippen LogP contribution is 2.39. The molecule has 1 aliphatic carbocycles. The molecule has 0 spiro atoms. The Morgan fingerprint density at radius 2 is 1.83 bits per heavy atom. The van der Waals surface area contributed by atoms with Gasteiger partial charge in [0, 0.05) is 46.7 Å². The largest absolute Gasteiger partial charge is 0.379 e. The zero-order chi connectivity index (χ0) is 28.8. The van der Waals surface area contributed by atoms with Crippen LogP contribution in [0.1, 0.15) is 52.9 Å². The van der Waals surface area contributed by atoms with Crippen LogP contribution in [0.3, 0.4) is 0 Å². The molecule has 3 aromatic rings. The molecular weight excluding hydrogens is 616 g/mol. The molecule has 0 bridgehead atoms. The molecule has 0 saturated carbocycles. The van der Waals surface area contributed by atoms with Gasteiger partial charge >= 0.3 is 0 Å². The van der Waals surface area contributed by atoms with Gasteiger partial charge in [-0.1, -0.05) is 15.9 Å². The third-order valence-electron chi connectivity index (χ3n) is 8.99. The number of hydrogen-bond donors (Lipinski definition) is 2. The molecule has 42 heavy (non-hydrogen) atoms. The minimum Gasteiger partial charge on any atom is -0.379 e. The second-order valence-electron chi connectivity index (χ2n) is 11.6. The molecule has 1 aromatic heterocycles. The summed E-state index contributed by atoms with van der Waals surface area (Å²) in [5.41, 5.74) is 8.45. The zero-order valence-corrected chi connectivity index (χ0v) is 25.9. The van der Waals surface area contributed by atoms with Crippen molar-refractivity contribution >= 4 is 54.9 Å². The highest BCUT2D eigenvalue weighted by molar-refractivity contribution is 9.10. The van der Waals surface area contributed by atoms with Gasteiger partial charge < -0.3 is 15.0 Å². The van der Waals surface area contributed by atoms with Gasteiger partial charge in [-0.2, -0.15) is 0 Å². The number of amides is 1. The first-order valence-corrected chi connectivity index (χ1v) is 17.1. The van der Waals surface area contributed by atoms with Gasteiger partial charge in [-0.3, -0.25) is 14.0 Å². The number of nitrogens with zero attached hydrogens (tertiary/aromatic N) is 2. The topological polar surface area (TPSA) is 94.7 Å². The lowest BCUT2D eigenvalue weighted by molar-refractivity contribution is -0.110. The molecule has 1 saturated heterocycles. The van der Waals surface area contributed by atoms with E-state index in [4.69, 9.17) is 4.74 Å². The van der Waals surface area contributed by atoms with E-state index >= 15 is 0 Å². The molecule has 1 amide bonds. The van der Waals surface area contributed by atoms with Crippen molar-refractivity contribution in [3.63, 3.8) is 0 Å². The molecule has 1 fully saturated rings. The van der Waals surface area contributed by atoms with Crippen molar-refractivity contribution in [1.29, 1.82) is 0 Å². The number of benzene rings is 2. The summed E-state index contributed by atoms with van der Waals surface area (Å²) in [6.45, 7) is 4.97. The van der Waals surface area contributed by atoms with Crippen LogP contribution < -0.4 is 9.62 Å². The van der Waals surface area contributed by atoms with E-state index in [0.717, 1.165) is 80.7 Å². The van der Waals surface area contributed by atoms with Gasteiger partial charge in [0.05, 0.1) is 29.4 Å². The molecule has 0 atom stereocenters. The van der Waals surface area contributed by atoms with Gasteiger partial charge in [0.1, 0.15) is 0 Å². The van der Waals surface area contributed by atoms with E-state index in [-0.39, 0.29) is 10.8 Å². The molecule has 220 valence electrons. The highest BCUT2D eigenvalue weighted by atomic mass is 79.9. The average molecular weight is 652 g/mol. The third-order valence-corrected chi connectivity index (χ3v) is 11.3. The van der Waals surface area contributed by atoms with Gasteiger partial charge in [0.25, 0.3) is 15.9 Å². The lowest BCUT2D eigenvalue weighted by atomic mass is 9.92. The summed E-state index contributed by atoms with van der Waals surface area (Å²) >= 11 is 3.49. The quantitative estimate of drug-likeness (QED) is 0.344. The van der Waals surface area contributed by atoms with Crippen molar-refractivity contribution in [3.05, 3.63) is 74.5 Å². The maximum Gasteiger partial charge on any atom is 0.264 e. The van der Waals surface area contributed by atoms with Gasteiger partial charge in [0.15, 0.2) is 0 Å². The lowest BCUT2D eigenvalue weighted by Crippen LogP contribution is -2.37. The Kier molecular flexibility index (Phi) is 7.50. The van der Waals surface area contributed by atoms with Crippen LogP contribution in [0.5, 0.6) is 0 Å². The number of rotatable bonds is 7. The van der Waals surface area contributed by atoms with E-state index < -0.39 is 10.0 Å². The van der Waals surface area contributed by atoms with E-state index in [1.54, 1.807) is 18.2 Å². The first-order chi connectivity index (χ1) is 20.4. The summed E-state index contributed by atoms with van der Waals surface area (Å²) in [4.78, 5) is 19.6. The number of sulfonamides is 1. The van der Waals surface area contributed by atoms with Gasteiger partial charge in [0.2, 0.25) is 0 Å². The SMILES string of the molecule is O=C1Nc2ccc(S(=O)(=O)N3CCc4cc(Br)ccc43)cc2C1=Cc1[nH]c2c(c1CCCN1CCOCC1)CCCC2. The fourth-order valence-corrected chi connectivity index (χ4v) is 8.76. The van der Waals surface area contributed by atoms with E-state index in [1.165, 1.54) is 27.5 Å². The predicted octanol–water partition coefficient (Wildman–Crippen LogP) is 5.16. The Balaban J connectivity index is 1.21. The Hall–Kier alpha value is -2.92. The second-order valence-corrected chi connectivity index (χ2v) is 14.3. The fraction of sp³-hybridized carbons (Fsp3) is 0.406. The van der Waals surface area contributed by atoms with Crippen LogP contribution in [0.15, 0.2) is 45.8 Å². The average Bonchev–Trinajstić information content (AvgIpc) is 3.67. The number of H-pyrrole nitrogens is 1. The number of aryl methyl sites for hydroxylation is 1. The number of aromatic nitrogens is 1. The zero-order valence-electron chi connectivity index (χ0n) is 23.5. The number of nitrogens with one attached hydrogen (secondary N) is 2. The van der Waals surface area contributed by atoms with Crippen LogP contribution in [0.4, 0.5) is 11.4 Å². The van der Waals surface area contributed by atoms with Crippen molar-refractivity contribution in [2.24, 2.45) is 0 Å². The molecule has 2 aromatic carbocycles. The van der Waals surface area contributed by atoms with Crippen LogP contribution in [0, 0.1) is 0 Å². The van der Waals surface area contributed by atoms with Gasteiger partial charge in [-0.15, -0.1) is 0 Å². The minimum absolute atomic E-state index is 0.191.